The molecule has 0 bridgehead atoms. The Kier molecular flexibility index (Phi) is 5.98. The van der Waals surface area contributed by atoms with Crippen LogP contribution in [-0.2, 0) is 10.0 Å². The van der Waals surface area contributed by atoms with Gasteiger partial charge in [0.05, 0.1) is 5.69 Å². The molecule has 102 valence electrons. The number of rotatable bonds is 7. The zero-order valence-corrected chi connectivity index (χ0v) is 12.6. The molecular weight excluding hydrogens is 268 g/mol. The van der Waals surface area contributed by atoms with Gasteiger partial charge in [0.1, 0.15) is 4.90 Å². The summed E-state index contributed by atoms with van der Waals surface area (Å²) >= 11 is 1.73. The molecule has 6 heteroatoms. The van der Waals surface area contributed by atoms with Crippen LogP contribution < -0.4 is 10.0 Å². The van der Waals surface area contributed by atoms with Crippen LogP contribution in [0.4, 0.5) is 5.69 Å². The molecule has 0 aliphatic rings. The van der Waals surface area contributed by atoms with E-state index in [1.807, 2.05) is 6.26 Å². The Bertz CT molecular complexity index is 475. The molecule has 18 heavy (non-hydrogen) atoms. The average Bonchev–Trinajstić information content (AvgIpc) is 2.38. The van der Waals surface area contributed by atoms with Crippen molar-refractivity contribution in [3.63, 3.8) is 0 Å². The summed E-state index contributed by atoms with van der Waals surface area (Å²) in [6.45, 7) is 2.54. The van der Waals surface area contributed by atoms with Crippen LogP contribution in [0, 0.1) is 0 Å². The van der Waals surface area contributed by atoms with Crippen molar-refractivity contribution in [1.82, 2.24) is 4.72 Å². The van der Waals surface area contributed by atoms with Gasteiger partial charge < -0.3 is 5.32 Å². The maximum Gasteiger partial charge on any atom is 0.242 e. The van der Waals surface area contributed by atoms with Crippen LogP contribution in [0.3, 0.4) is 0 Å². The number of benzene rings is 1. The zero-order valence-electron chi connectivity index (χ0n) is 10.9. The fraction of sp³-hybridized carbons (Fsp3) is 0.500. The fourth-order valence-corrected chi connectivity index (χ4v) is 3.11. The van der Waals surface area contributed by atoms with Gasteiger partial charge in [-0.15, -0.1) is 0 Å². The molecule has 0 amide bonds. The molecular formula is C12H20N2O2S2. The number of para-hydroxylation sites is 1. The summed E-state index contributed by atoms with van der Waals surface area (Å²) in [5.74, 6) is 0. The smallest absolute Gasteiger partial charge is 0.242 e. The van der Waals surface area contributed by atoms with Crippen molar-refractivity contribution in [2.24, 2.45) is 0 Å². The standard InChI is InChI=1S/C12H20N2O2S2/c1-10(17-3)8-9-14-18(15,16)12-7-5-4-6-11(12)13-2/h4-7,10,13-14H,8-9H2,1-3H3. The first-order valence-corrected chi connectivity index (χ1v) is 8.57. The number of nitrogens with one attached hydrogen (secondary N) is 2. The summed E-state index contributed by atoms with van der Waals surface area (Å²) in [5.41, 5.74) is 0.614. The van der Waals surface area contributed by atoms with E-state index >= 15 is 0 Å². The molecule has 1 unspecified atom stereocenters. The molecule has 1 aromatic carbocycles. The minimum atomic E-state index is -3.43. The predicted octanol–water partition coefficient (Wildman–Crippen LogP) is 2.15. The second-order valence-corrected chi connectivity index (χ2v) is 6.99. The topological polar surface area (TPSA) is 58.2 Å². The number of anilines is 1. The minimum Gasteiger partial charge on any atom is -0.387 e. The lowest BCUT2D eigenvalue weighted by Crippen LogP contribution is -2.26. The van der Waals surface area contributed by atoms with Crippen LogP contribution in [0.5, 0.6) is 0 Å². The number of hydrogen-bond donors (Lipinski definition) is 2. The van der Waals surface area contributed by atoms with Crippen LogP contribution in [0.15, 0.2) is 29.2 Å². The van der Waals surface area contributed by atoms with Crippen LogP contribution in [-0.4, -0.2) is 33.5 Å². The number of thioether (sulfide) groups is 1. The van der Waals surface area contributed by atoms with E-state index in [-0.39, 0.29) is 0 Å². The first-order valence-electron chi connectivity index (χ1n) is 5.80. The summed E-state index contributed by atoms with van der Waals surface area (Å²) in [4.78, 5) is 0.296. The van der Waals surface area contributed by atoms with E-state index < -0.39 is 10.0 Å². The van der Waals surface area contributed by atoms with Gasteiger partial charge in [-0.1, -0.05) is 19.1 Å². The van der Waals surface area contributed by atoms with E-state index in [9.17, 15) is 8.42 Å². The van der Waals surface area contributed by atoms with E-state index in [1.54, 1.807) is 43.1 Å². The Hall–Kier alpha value is -0.720. The summed E-state index contributed by atoms with van der Waals surface area (Å²) in [5, 5.41) is 3.34. The SMILES string of the molecule is CNc1ccccc1S(=O)(=O)NCCC(C)SC. The lowest BCUT2D eigenvalue weighted by molar-refractivity contribution is 0.579. The van der Waals surface area contributed by atoms with Crippen molar-refractivity contribution in [2.45, 2.75) is 23.5 Å². The Morgan fingerprint density at radius 3 is 2.61 bits per heavy atom. The second-order valence-electron chi connectivity index (χ2n) is 3.98. The van der Waals surface area contributed by atoms with E-state index in [1.165, 1.54) is 0 Å². The molecule has 0 aliphatic heterocycles. The molecule has 0 aromatic heterocycles. The molecule has 0 aliphatic carbocycles. The van der Waals surface area contributed by atoms with Crippen molar-refractivity contribution >= 4 is 27.5 Å². The third-order valence-electron chi connectivity index (χ3n) is 2.69. The van der Waals surface area contributed by atoms with Crippen molar-refractivity contribution < 1.29 is 8.42 Å². The Balaban J connectivity index is 2.74. The molecule has 0 fully saturated rings. The third-order valence-corrected chi connectivity index (χ3v) is 5.25. The number of sulfonamides is 1. The number of hydrogen-bond acceptors (Lipinski definition) is 4. The van der Waals surface area contributed by atoms with Crippen molar-refractivity contribution in [3.8, 4) is 0 Å². The molecule has 0 spiro atoms. The molecule has 1 atom stereocenters. The van der Waals surface area contributed by atoms with Crippen molar-refractivity contribution in [2.75, 3.05) is 25.2 Å². The summed E-state index contributed by atoms with van der Waals surface area (Å²) in [6.07, 6.45) is 2.84. The van der Waals surface area contributed by atoms with Gasteiger partial charge in [0.2, 0.25) is 10.0 Å². The highest BCUT2D eigenvalue weighted by Gasteiger charge is 2.17. The lowest BCUT2D eigenvalue weighted by Gasteiger charge is -2.12. The second kappa shape index (κ2) is 7.01. The third kappa shape index (κ3) is 4.19. The van der Waals surface area contributed by atoms with Gasteiger partial charge in [0.15, 0.2) is 0 Å². The molecule has 4 nitrogen and oxygen atoms in total. The van der Waals surface area contributed by atoms with Gasteiger partial charge in [-0.3, -0.25) is 0 Å². The van der Waals surface area contributed by atoms with Gasteiger partial charge in [-0.25, -0.2) is 13.1 Å². The first kappa shape index (κ1) is 15.3. The fourth-order valence-electron chi connectivity index (χ4n) is 1.50. The molecule has 0 saturated heterocycles. The quantitative estimate of drug-likeness (QED) is 0.807. The van der Waals surface area contributed by atoms with E-state index in [0.717, 1.165) is 6.42 Å². The normalized spacial score (nSPS) is 13.3. The maximum absolute atomic E-state index is 12.1. The highest BCUT2D eigenvalue weighted by atomic mass is 32.2. The van der Waals surface area contributed by atoms with Gasteiger partial charge in [-0.2, -0.15) is 11.8 Å². The van der Waals surface area contributed by atoms with Crippen LogP contribution >= 0.6 is 11.8 Å². The van der Waals surface area contributed by atoms with E-state index in [4.69, 9.17) is 0 Å². The molecule has 2 N–H and O–H groups in total. The Morgan fingerprint density at radius 1 is 1.33 bits per heavy atom. The Labute approximate surface area is 114 Å². The highest BCUT2D eigenvalue weighted by molar-refractivity contribution is 7.99. The van der Waals surface area contributed by atoms with Crippen LogP contribution in [0.1, 0.15) is 13.3 Å². The van der Waals surface area contributed by atoms with Gasteiger partial charge in [0.25, 0.3) is 0 Å². The summed E-state index contributed by atoms with van der Waals surface area (Å²) < 4.78 is 26.9. The van der Waals surface area contributed by atoms with Crippen LogP contribution in [0.2, 0.25) is 0 Å². The molecule has 0 radical (unpaired) electrons. The zero-order chi connectivity index (χ0) is 13.6. The highest BCUT2D eigenvalue weighted by Crippen LogP contribution is 2.20. The monoisotopic (exact) mass is 288 g/mol. The molecule has 0 saturated carbocycles. The van der Waals surface area contributed by atoms with Gasteiger partial charge in [-0.05, 0) is 24.8 Å². The average molecular weight is 288 g/mol. The Morgan fingerprint density at radius 2 is 2.00 bits per heavy atom. The molecule has 1 aromatic rings. The van der Waals surface area contributed by atoms with E-state index in [0.29, 0.717) is 22.4 Å². The van der Waals surface area contributed by atoms with Gasteiger partial charge in [0, 0.05) is 18.8 Å². The summed E-state index contributed by atoms with van der Waals surface area (Å²) in [7, 11) is -1.72. The van der Waals surface area contributed by atoms with Crippen LogP contribution in [0.25, 0.3) is 0 Å². The van der Waals surface area contributed by atoms with Crippen molar-refractivity contribution in [1.29, 1.82) is 0 Å². The maximum atomic E-state index is 12.1. The largest absolute Gasteiger partial charge is 0.387 e. The molecule has 0 heterocycles. The predicted molar refractivity (Wildman–Crippen MR) is 78.8 cm³/mol. The molecule has 1 rings (SSSR count). The van der Waals surface area contributed by atoms with Gasteiger partial charge >= 0.3 is 0 Å². The van der Waals surface area contributed by atoms with Crippen molar-refractivity contribution in [3.05, 3.63) is 24.3 Å². The van der Waals surface area contributed by atoms with E-state index in [2.05, 4.69) is 17.0 Å². The first-order chi connectivity index (χ1) is 8.51. The minimum absolute atomic E-state index is 0.296. The summed E-state index contributed by atoms with van der Waals surface area (Å²) in [6, 6.07) is 6.88. The lowest BCUT2D eigenvalue weighted by atomic mass is 10.3.